The lowest BCUT2D eigenvalue weighted by molar-refractivity contribution is 0.410. The molecule has 1 rings (SSSR count). The lowest BCUT2D eigenvalue weighted by Crippen LogP contribution is -1.93. The van der Waals surface area contributed by atoms with Crippen molar-refractivity contribution in [1.29, 1.82) is 0 Å². The number of ether oxygens (including phenoxy) is 1. The van der Waals surface area contributed by atoms with Gasteiger partial charge >= 0.3 is 0 Å². The van der Waals surface area contributed by atoms with Crippen LogP contribution in [0.25, 0.3) is 0 Å². The molecule has 0 bridgehead atoms. The Hall–Kier alpha value is -0.500. The van der Waals surface area contributed by atoms with Crippen molar-refractivity contribution in [3.8, 4) is 5.75 Å². The molecule has 2 heteroatoms. The first-order chi connectivity index (χ1) is 6.31. The van der Waals surface area contributed by atoms with E-state index in [1.54, 1.807) is 7.11 Å². The van der Waals surface area contributed by atoms with Crippen molar-refractivity contribution in [2.45, 2.75) is 19.8 Å². The Morgan fingerprint density at radius 3 is 2.69 bits per heavy atom. The second-order valence-electron chi connectivity index (χ2n) is 2.94. The van der Waals surface area contributed by atoms with Crippen LogP contribution in [0, 0.1) is 0 Å². The molecule has 1 aromatic rings. The molecule has 0 radical (unpaired) electrons. The number of benzene rings is 1. The zero-order valence-electron chi connectivity index (χ0n) is 8.14. The first kappa shape index (κ1) is 10.6. The molecule has 1 nitrogen and oxygen atoms in total. The van der Waals surface area contributed by atoms with E-state index in [2.05, 4.69) is 41.1 Å². The minimum Gasteiger partial charge on any atom is -0.496 e. The van der Waals surface area contributed by atoms with Gasteiger partial charge in [-0.05, 0) is 30.0 Å². The molecule has 0 atom stereocenters. The molecule has 0 aliphatic carbocycles. The molecule has 0 amide bonds. The average Bonchev–Trinajstić information content (AvgIpc) is 2.18. The van der Waals surface area contributed by atoms with E-state index < -0.39 is 0 Å². The molecule has 0 aliphatic heterocycles. The van der Waals surface area contributed by atoms with Crippen molar-refractivity contribution in [3.63, 3.8) is 0 Å². The van der Waals surface area contributed by atoms with Gasteiger partial charge in [-0.2, -0.15) is 0 Å². The fraction of sp³-hybridized carbons (Fsp3) is 0.455. The van der Waals surface area contributed by atoms with Crippen molar-refractivity contribution < 1.29 is 4.74 Å². The Balaban J connectivity index is 2.91. The SMILES string of the molecule is CCc1cc(CCBr)ccc1OC. The van der Waals surface area contributed by atoms with Gasteiger partial charge in [0.05, 0.1) is 7.11 Å². The topological polar surface area (TPSA) is 9.23 Å². The maximum absolute atomic E-state index is 5.26. The molecule has 0 aliphatic rings. The number of hydrogen-bond donors (Lipinski definition) is 0. The van der Waals surface area contributed by atoms with Crippen molar-refractivity contribution in [2.75, 3.05) is 12.4 Å². The normalized spacial score (nSPS) is 10.1. The van der Waals surface area contributed by atoms with Gasteiger partial charge in [-0.1, -0.05) is 35.0 Å². The fourth-order valence-corrected chi connectivity index (χ4v) is 1.83. The van der Waals surface area contributed by atoms with Crippen LogP contribution in [0.15, 0.2) is 18.2 Å². The van der Waals surface area contributed by atoms with Gasteiger partial charge in [-0.3, -0.25) is 0 Å². The van der Waals surface area contributed by atoms with E-state index in [1.165, 1.54) is 11.1 Å². The molecule has 13 heavy (non-hydrogen) atoms. The van der Waals surface area contributed by atoms with Gasteiger partial charge < -0.3 is 4.74 Å². The summed E-state index contributed by atoms with van der Waals surface area (Å²) in [5.74, 6) is 1.00. The van der Waals surface area contributed by atoms with Crippen molar-refractivity contribution >= 4 is 15.9 Å². The lowest BCUT2D eigenvalue weighted by Gasteiger charge is -2.08. The van der Waals surface area contributed by atoms with Crippen molar-refractivity contribution in [2.24, 2.45) is 0 Å². The number of alkyl halides is 1. The van der Waals surface area contributed by atoms with Gasteiger partial charge in [0.2, 0.25) is 0 Å². The van der Waals surface area contributed by atoms with Crippen LogP contribution in [-0.4, -0.2) is 12.4 Å². The number of halogens is 1. The van der Waals surface area contributed by atoms with Gasteiger partial charge in [0.15, 0.2) is 0 Å². The summed E-state index contributed by atoms with van der Waals surface area (Å²) in [5, 5.41) is 1.02. The largest absolute Gasteiger partial charge is 0.496 e. The van der Waals surface area contributed by atoms with E-state index in [-0.39, 0.29) is 0 Å². The molecule has 1 aromatic carbocycles. The van der Waals surface area contributed by atoms with Crippen LogP contribution in [0.1, 0.15) is 18.1 Å². The first-order valence-corrected chi connectivity index (χ1v) is 5.65. The Bertz CT molecular complexity index is 271. The molecule has 0 saturated carbocycles. The maximum atomic E-state index is 5.26. The van der Waals surface area contributed by atoms with Crippen LogP contribution in [0.3, 0.4) is 0 Å². The summed E-state index contributed by atoms with van der Waals surface area (Å²) >= 11 is 3.44. The van der Waals surface area contributed by atoms with E-state index in [4.69, 9.17) is 4.74 Å². The number of aryl methyl sites for hydroxylation is 2. The number of methoxy groups -OCH3 is 1. The molecule has 72 valence electrons. The van der Waals surface area contributed by atoms with Gasteiger partial charge in [-0.25, -0.2) is 0 Å². The summed E-state index contributed by atoms with van der Waals surface area (Å²) in [6.07, 6.45) is 2.11. The smallest absolute Gasteiger partial charge is 0.122 e. The molecule has 0 N–H and O–H groups in total. The third kappa shape index (κ3) is 2.73. The summed E-state index contributed by atoms with van der Waals surface area (Å²) in [4.78, 5) is 0. The molecule has 0 unspecified atom stereocenters. The minimum absolute atomic E-state index is 1.00. The molecular formula is C11H15BrO. The summed E-state index contributed by atoms with van der Waals surface area (Å²) in [7, 11) is 1.72. The molecule has 0 fully saturated rings. The van der Waals surface area contributed by atoms with E-state index in [0.29, 0.717) is 0 Å². The van der Waals surface area contributed by atoms with E-state index in [0.717, 1.165) is 23.9 Å². The van der Waals surface area contributed by atoms with Gasteiger partial charge in [0, 0.05) is 5.33 Å². The van der Waals surface area contributed by atoms with Gasteiger partial charge in [-0.15, -0.1) is 0 Å². The minimum atomic E-state index is 1.00. The summed E-state index contributed by atoms with van der Waals surface area (Å²) in [6.45, 7) is 2.15. The highest BCUT2D eigenvalue weighted by atomic mass is 79.9. The number of rotatable bonds is 4. The van der Waals surface area contributed by atoms with Gasteiger partial charge in [0.25, 0.3) is 0 Å². The van der Waals surface area contributed by atoms with Crippen LogP contribution in [0.5, 0.6) is 5.75 Å². The molecule has 0 saturated heterocycles. The van der Waals surface area contributed by atoms with E-state index in [9.17, 15) is 0 Å². The lowest BCUT2D eigenvalue weighted by atomic mass is 10.1. The number of hydrogen-bond acceptors (Lipinski definition) is 1. The Morgan fingerprint density at radius 2 is 2.15 bits per heavy atom. The van der Waals surface area contributed by atoms with Crippen LogP contribution in [0.2, 0.25) is 0 Å². The van der Waals surface area contributed by atoms with Crippen LogP contribution >= 0.6 is 15.9 Å². The van der Waals surface area contributed by atoms with Crippen LogP contribution in [0.4, 0.5) is 0 Å². The zero-order valence-corrected chi connectivity index (χ0v) is 9.73. The van der Waals surface area contributed by atoms with Crippen LogP contribution < -0.4 is 4.74 Å². The molecular weight excluding hydrogens is 228 g/mol. The molecule has 0 heterocycles. The van der Waals surface area contributed by atoms with Crippen LogP contribution in [-0.2, 0) is 12.8 Å². The van der Waals surface area contributed by atoms with Gasteiger partial charge in [0.1, 0.15) is 5.75 Å². The highest BCUT2D eigenvalue weighted by Gasteiger charge is 2.01. The highest BCUT2D eigenvalue weighted by molar-refractivity contribution is 9.09. The third-order valence-corrected chi connectivity index (χ3v) is 2.51. The van der Waals surface area contributed by atoms with Crippen molar-refractivity contribution in [3.05, 3.63) is 29.3 Å². The van der Waals surface area contributed by atoms with Crippen molar-refractivity contribution in [1.82, 2.24) is 0 Å². The summed E-state index contributed by atoms with van der Waals surface area (Å²) in [6, 6.07) is 6.40. The summed E-state index contributed by atoms with van der Waals surface area (Å²) < 4.78 is 5.26. The predicted octanol–water partition coefficient (Wildman–Crippen LogP) is 3.20. The predicted molar refractivity (Wildman–Crippen MR) is 59.9 cm³/mol. The third-order valence-electron chi connectivity index (χ3n) is 2.11. The monoisotopic (exact) mass is 242 g/mol. The highest BCUT2D eigenvalue weighted by Crippen LogP contribution is 2.20. The Kier molecular flexibility index (Phi) is 4.29. The standard InChI is InChI=1S/C11H15BrO/c1-3-10-8-9(6-7-12)4-5-11(10)13-2/h4-5,8H,3,6-7H2,1-2H3. The molecule has 0 aromatic heterocycles. The second-order valence-corrected chi connectivity index (χ2v) is 3.73. The second kappa shape index (κ2) is 5.28. The maximum Gasteiger partial charge on any atom is 0.122 e. The average molecular weight is 243 g/mol. The Morgan fingerprint density at radius 1 is 1.38 bits per heavy atom. The quantitative estimate of drug-likeness (QED) is 0.738. The van der Waals surface area contributed by atoms with E-state index in [1.807, 2.05) is 0 Å². The molecule has 0 spiro atoms. The fourth-order valence-electron chi connectivity index (χ4n) is 1.37. The zero-order chi connectivity index (χ0) is 9.68. The van der Waals surface area contributed by atoms with E-state index >= 15 is 0 Å². The summed E-state index contributed by atoms with van der Waals surface area (Å²) in [5.41, 5.74) is 2.66. The Labute approximate surface area is 88.2 Å². The first-order valence-electron chi connectivity index (χ1n) is 4.53.